The van der Waals surface area contributed by atoms with Crippen LogP contribution in [0.5, 0.6) is 0 Å². The maximum absolute atomic E-state index is 11.6. The highest BCUT2D eigenvalue weighted by Crippen LogP contribution is 2.20. The second kappa shape index (κ2) is 3.79. The van der Waals surface area contributed by atoms with Gasteiger partial charge in [-0.25, -0.2) is 0 Å². The van der Waals surface area contributed by atoms with E-state index in [1.165, 1.54) is 0 Å². The molecule has 1 amide bonds. The highest BCUT2D eigenvalue weighted by Gasteiger charge is 2.28. The van der Waals surface area contributed by atoms with Gasteiger partial charge in [0.1, 0.15) is 5.82 Å². The third-order valence-corrected chi connectivity index (χ3v) is 2.33. The number of rotatable bonds is 2. The van der Waals surface area contributed by atoms with Crippen LogP contribution < -0.4 is 5.32 Å². The third-order valence-electron chi connectivity index (χ3n) is 2.33. The Morgan fingerprint density at radius 2 is 2.64 bits per heavy atom. The molecule has 1 fully saturated rings. The van der Waals surface area contributed by atoms with Gasteiger partial charge in [-0.15, -0.1) is 0 Å². The minimum Gasteiger partial charge on any atom is -0.378 e. The van der Waals surface area contributed by atoms with Gasteiger partial charge in [0.2, 0.25) is 5.91 Å². The summed E-state index contributed by atoms with van der Waals surface area (Å²) in [6.45, 7) is 2.49. The lowest BCUT2D eigenvalue weighted by Gasteiger charge is -2.06. The summed E-state index contributed by atoms with van der Waals surface area (Å²) in [5, 5.41) is 9.17. The standard InChI is InChI=1S/C9H13N3O2/c1-6-4-7(5-14-6)9(13)11-8-2-3-10-12-8/h2-3,6-7H,4-5H2,1H3,(H2,10,11,12,13). The van der Waals surface area contributed by atoms with Crippen LogP contribution in [0.1, 0.15) is 13.3 Å². The van der Waals surface area contributed by atoms with E-state index in [-0.39, 0.29) is 17.9 Å². The number of carbonyl (C=O) groups excluding carboxylic acids is 1. The SMILES string of the molecule is CC1CC(C(=O)Nc2ccn[nH]2)CO1. The Balaban J connectivity index is 1.90. The van der Waals surface area contributed by atoms with Gasteiger partial charge < -0.3 is 10.1 Å². The van der Waals surface area contributed by atoms with E-state index in [9.17, 15) is 4.79 Å². The number of hydrogen-bond acceptors (Lipinski definition) is 3. The molecule has 0 saturated carbocycles. The highest BCUT2D eigenvalue weighted by molar-refractivity contribution is 5.91. The van der Waals surface area contributed by atoms with Crippen molar-refractivity contribution in [1.29, 1.82) is 0 Å². The molecule has 1 aromatic heterocycles. The Hall–Kier alpha value is -1.36. The van der Waals surface area contributed by atoms with Gasteiger partial charge in [0, 0.05) is 6.07 Å². The molecule has 0 spiro atoms. The molecule has 2 rings (SSSR count). The largest absolute Gasteiger partial charge is 0.378 e. The molecule has 0 radical (unpaired) electrons. The average Bonchev–Trinajstić information content (AvgIpc) is 2.75. The van der Waals surface area contributed by atoms with Crippen LogP contribution >= 0.6 is 0 Å². The Morgan fingerprint density at radius 1 is 1.79 bits per heavy atom. The first-order valence-corrected chi connectivity index (χ1v) is 4.67. The molecule has 1 aromatic rings. The minimum absolute atomic E-state index is 0.00130. The maximum Gasteiger partial charge on any atom is 0.231 e. The van der Waals surface area contributed by atoms with E-state index in [0.717, 1.165) is 6.42 Å². The number of carbonyl (C=O) groups is 1. The fraction of sp³-hybridized carbons (Fsp3) is 0.556. The van der Waals surface area contributed by atoms with E-state index in [2.05, 4.69) is 15.5 Å². The van der Waals surface area contributed by atoms with Gasteiger partial charge in [0.25, 0.3) is 0 Å². The first-order chi connectivity index (χ1) is 6.75. The van der Waals surface area contributed by atoms with Crippen LogP contribution in [0.15, 0.2) is 12.3 Å². The average molecular weight is 195 g/mol. The molecule has 5 heteroatoms. The smallest absolute Gasteiger partial charge is 0.231 e. The van der Waals surface area contributed by atoms with Gasteiger partial charge in [0.05, 0.1) is 24.8 Å². The van der Waals surface area contributed by atoms with Crippen molar-refractivity contribution < 1.29 is 9.53 Å². The molecular formula is C9H13N3O2. The van der Waals surface area contributed by atoms with E-state index < -0.39 is 0 Å². The number of amides is 1. The molecular weight excluding hydrogens is 182 g/mol. The van der Waals surface area contributed by atoms with E-state index in [4.69, 9.17) is 4.74 Å². The lowest BCUT2D eigenvalue weighted by atomic mass is 10.1. The lowest BCUT2D eigenvalue weighted by Crippen LogP contribution is -2.23. The van der Waals surface area contributed by atoms with Crippen LogP contribution in [0.25, 0.3) is 0 Å². The van der Waals surface area contributed by atoms with Gasteiger partial charge in [-0.05, 0) is 13.3 Å². The molecule has 2 heterocycles. The van der Waals surface area contributed by atoms with E-state index in [1.807, 2.05) is 6.92 Å². The Bertz CT molecular complexity index is 310. The molecule has 14 heavy (non-hydrogen) atoms. The van der Waals surface area contributed by atoms with Gasteiger partial charge in [-0.2, -0.15) is 5.10 Å². The van der Waals surface area contributed by atoms with E-state index >= 15 is 0 Å². The fourth-order valence-electron chi connectivity index (χ4n) is 1.56. The van der Waals surface area contributed by atoms with E-state index in [0.29, 0.717) is 12.4 Å². The minimum atomic E-state index is -0.0340. The maximum atomic E-state index is 11.6. The van der Waals surface area contributed by atoms with Crippen molar-refractivity contribution in [3.8, 4) is 0 Å². The number of anilines is 1. The zero-order valence-corrected chi connectivity index (χ0v) is 7.99. The third kappa shape index (κ3) is 1.93. The van der Waals surface area contributed by atoms with Crippen molar-refractivity contribution in [2.45, 2.75) is 19.4 Å². The molecule has 0 aliphatic carbocycles. The molecule has 76 valence electrons. The number of nitrogens with zero attached hydrogens (tertiary/aromatic N) is 1. The zero-order valence-electron chi connectivity index (χ0n) is 7.99. The summed E-state index contributed by atoms with van der Waals surface area (Å²) in [4.78, 5) is 11.6. The predicted molar refractivity (Wildman–Crippen MR) is 50.7 cm³/mol. The summed E-state index contributed by atoms with van der Waals surface area (Å²) >= 11 is 0. The van der Waals surface area contributed by atoms with E-state index in [1.54, 1.807) is 12.3 Å². The second-order valence-corrected chi connectivity index (χ2v) is 3.54. The van der Waals surface area contributed by atoms with Crippen molar-refractivity contribution in [1.82, 2.24) is 10.2 Å². The fourth-order valence-corrected chi connectivity index (χ4v) is 1.56. The Kier molecular flexibility index (Phi) is 2.49. The molecule has 2 unspecified atom stereocenters. The Morgan fingerprint density at radius 3 is 3.21 bits per heavy atom. The summed E-state index contributed by atoms with van der Waals surface area (Å²) < 4.78 is 5.32. The number of aromatic nitrogens is 2. The monoisotopic (exact) mass is 195 g/mol. The topological polar surface area (TPSA) is 67.0 Å². The first kappa shape index (κ1) is 9.21. The lowest BCUT2D eigenvalue weighted by molar-refractivity contribution is -0.119. The van der Waals surface area contributed by atoms with Crippen LogP contribution in [0, 0.1) is 5.92 Å². The van der Waals surface area contributed by atoms with Crippen molar-refractivity contribution in [2.24, 2.45) is 5.92 Å². The van der Waals surface area contributed by atoms with Crippen LogP contribution in [0.4, 0.5) is 5.82 Å². The molecule has 1 saturated heterocycles. The van der Waals surface area contributed by atoms with Crippen LogP contribution in [0.2, 0.25) is 0 Å². The summed E-state index contributed by atoms with van der Waals surface area (Å²) in [6, 6.07) is 1.72. The van der Waals surface area contributed by atoms with Crippen molar-refractivity contribution in [2.75, 3.05) is 11.9 Å². The number of H-pyrrole nitrogens is 1. The normalized spacial score (nSPS) is 26.4. The number of aromatic amines is 1. The van der Waals surface area contributed by atoms with Gasteiger partial charge in [-0.3, -0.25) is 9.89 Å². The zero-order chi connectivity index (χ0) is 9.97. The predicted octanol–water partition coefficient (Wildman–Crippen LogP) is 0.773. The van der Waals surface area contributed by atoms with Crippen molar-refractivity contribution in [3.63, 3.8) is 0 Å². The van der Waals surface area contributed by atoms with Crippen molar-refractivity contribution >= 4 is 11.7 Å². The molecule has 5 nitrogen and oxygen atoms in total. The molecule has 1 aliphatic heterocycles. The van der Waals surface area contributed by atoms with Crippen LogP contribution in [0.3, 0.4) is 0 Å². The summed E-state index contributed by atoms with van der Waals surface area (Å²) in [7, 11) is 0. The number of ether oxygens (including phenoxy) is 1. The molecule has 2 N–H and O–H groups in total. The first-order valence-electron chi connectivity index (χ1n) is 4.67. The van der Waals surface area contributed by atoms with Gasteiger partial charge >= 0.3 is 0 Å². The van der Waals surface area contributed by atoms with Crippen LogP contribution in [-0.4, -0.2) is 28.8 Å². The van der Waals surface area contributed by atoms with Gasteiger partial charge in [0.15, 0.2) is 0 Å². The number of nitrogens with one attached hydrogen (secondary N) is 2. The quantitative estimate of drug-likeness (QED) is 0.732. The summed E-state index contributed by atoms with van der Waals surface area (Å²) in [5.74, 6) is 0.599. The molecule has 1 aliphatic rings. The summed E-state index contributed by atoms with van der Waals surface area (Å²) in [5.41, 5.74) is 0. The van der Waals surface area contributed by atoms with Crippen LogP contribution in [-0.2, 0) is 9.53 Å². The number of hydrogen-bond donors (Lipinski definition) is 2. The molecule has 0 aromatic carbocycles. The molecule has 2 atom stereocenters. The Labute approximate surface area is 81.8 Å². The van der Waals surface area contributed by atoms with Crippen molar-refractivity contribution in [3.05, 3.63) is 12.3 Å². The summed E-state index contributed by atoms with van der Waals surface area (Å²) in [6.07, 6.45) is 2.58. The second-order valence-electron chi connectivity index (χ2n) is 3.54. The molecule has 0 bridgehead atoms. The van der Waals surface area contributed by atoms with Gasteiger partial charge in [-0.1, -0.05) is 0 Å². The highest BCUT2D eigenvalue weighted by atomic mass is 16.5.